The fourth-order valence-corrected chi connectivity index (χ4v) is 2.47. The van der Waals surface area contributed by atoms with Crippen LogP contribution in [0.15, 0.2) is 67.0 Å². The van der Waals surface area contributed by atoms with Gasteiger partial charge < -0.3 is 5.11 Å². The van der Waals surface area contributed by atoms with E-state index in [1.54, 1.807) is 6.20 Å². The molecular weight excluding hydrogens is 234 g/mol. The van der Waals surface area contributed by atoms with Crippen LogP contribution in [0.4, 0.5) is 0 Å². The van der Waals surface area contributed by atoms with Crippen molar-refractivity contribution in [3.05, 3.63) is 78.1 Å². The molecule has 1 aromatic heterocycles. The zero-order chi connectivity index (χ0) is 13.3. The van der Waals surface area contributed by atoms with Crippen LogP contribution >= 0.6 is 0 Å². The Bertz CT molecular complexity index is 699. The molecule has 0 aliphatic rings. The molecule has 0 aliphatic carbocycles. The summed E-state index contributed by atoms with van der Waals surface area (Å²) in [5.74, 6) is 0. The van der Waals surface area contributed by atoms with Gasteiger partial charge in [-0.25, -0.2) is 0 Å². The third-order valence-electron chi connectivity index (χ3n) is 3.54. The zero-order valence-electron chi connectivity index (χ0n) is 10.7. The first-order valence-corrected chi connectivity index (χ1v) is 6.31. The summed E-state index contributed by atoms with van der Waals surface area (Å²) in [5.41, 5.74) is 0.778. The van der Waals surface area contributed by atoms with E-state index in [2.05, 4.69) is 4.98 Å². The molecule has 0 radical (unpaired) electrons. The van der Waals surface area contributed by atoms with Gasteiger partial charge in [-0.15, -0.1) is 0 Å². The molecule has 1 heterocycles. The monoisotopic (exact) mass is 249 g/mol. The molecule has 0 saturated heterocycles. The van der Waals surface area contributed by atoms with Gasteiger partial charge in [0, 0.05) is 17.8 Å². The SMILES string of the molecule is CC(O)(c1ccccc1)c1cccc2cnccc12. The normalized spacial score (nSPS) is 14.2. The predicted octanol–water partition coefficient (Wildman–Crippen LogP) is 3.49. The predicted molar refractivity (Wildman–Crippen MR) is 76.9 cm³/mol. The van der Waals surface area contributed by atoms with Crippen LogP contribution in [0.2, 0.25) is 0 Å². The Morgan fingerprint density at radius 3 is 2.53 bits per heavy atom. The Morgan fingerprint density at radius 2 is 1.74 bits per heavy atom. The number of fused-ring (bicyclic) bond motifs is 1. The maximum Gasteiger partial charge on any atom is 0.112 e. The van der Waals surface area contributed by atoms with Crippen LogP contribution in [0.5, 0.6) is 0 Å². The van der Waals surface area contributed by atoms with Gasteiger partial charge in [-0.3, -0.25) is 4.98 Å². The van der Waals surface area contributed by atoms with Crippen LogP contribution in [0.25, 0.3) is 10.8 Å². The summed E-state index contributed by atoms with van der Waals surface area (Å²) in [7, 11) is 0. The van der Waals surface area contributed by atoms with Crippen LogP contribution in [-0.4, -0.2) is 10.1 Å². The fraction of sp³-hybridized carbons (Fsp3) is 0.118. The van der Waals surface area contributed by atoms with Gasteiger partial charge in [0.1, 0.15) is 5.60 Å². The number of aromatic nitrogens is 1. The van der Waals surface area contributed by atoms with Crippen molar-refractivity contribution in [3.8, 4) is 0 Å². The highest BCUT2D eigenvalue weighted by molar-refractivity contribution is 5.86. The Morgan fingerprint density at radius 1 is 0.947 bits per heavy atom. The van der Waals surface area contributed by atoms with Gasteiger partial charge in [0.25, 0.3) is 0 Å². The van der Waals surface area contributed by atoms with Gasteiger partial charge in [-0.2, -0.15) is 0 Å². The van der Waals surface area contributed by atoms with Gasteiger partial charge in [0.2, 0.25) is 0 Å². The van der Waals surface area contributed by atoms with Crippen molar-refractivity contribution >= 4 is 10.8 Å². The van der Waals surface area contributed by atoms with Crippen LogP contribution in [-0.2, 0) is 5.60 Å². The quantitative estimate of drug-likeness (QED) is 0.754. The van der Waals surface area contributed by atoms with Crippen LogP contribution in [0.1, 0.15) is 18.1 Å². The lowest BCUT2D eigenvalue weighted by Gasteiger charge is -2.26. The minimum Gasteiger partial charge on any atom is -0.381 e. The van der Waals surface area contributed by atoms with E-state index in [1.807, 2.05) is 67.7 Å². The van der Waals surface area contributed by atoms with Gasteiger partial charge >= 0.3 is 0 Å². The first kappa shape index (κ1) is 11.9. The van der Waals surface area contributed by atoms with Crippen molar-refractivity contribution < 1.29 is 5.11 Å². The van der Waals surface area contributed by atoms with Crippen molar-refractivity contribution in [2.45, 2.75) is 12.5 Å². The van der Waals surface area contributed by atoms with E-state index in [-0.39, 0.29) is 0 Å². The van der Waals surface area contributed by atoms with E-state index in [4.69, 9.17) is 0 Å². The molecule has 19 heavy (non-hydrogen) atoms. The van der Waals surface area contributed by atoms with Crippen LogP contribution < -0.4 is 0 Å². The molecule has 0 amide bonds. The lowest BCUT2D eigenvalue weighted by atomic mass is 9.85. The molecule has 2 nitrogen and oxygen atoms in total. The van der Waals surface area contributed by atoms with Crippen LogP contribution in [0.3, 0.4) is 0 Å². The maximum absolute atomic E-state index is 10.9. The minimum absolute atomic E-state index is 0.888. The molecule has 3 aromatic rings. The lowest BCUT2D eigenvalue weighted by Crippen LogP contribution is -2.23. The zero-order valence-corrected chi connectivity index (χ0v) is 10.7. The van der Waals surface area contributed by atoms with E-state index >= 15 is 0 Å². The Hall–Kier alpha value is -2.19. The van der Waals surface area contributed by atoms with E-state index in [0.717, 1.165) is 21.9 Å². The summed E-state index contributed by atoms with van der Waals surface area (Å²) in [4.78, 5) is 4.13. The molecule has 1 atom stereocenters. The van der Waals surface area contributed by atoms with Gasteiger partial charge in [-0.05, 0) is 29.5 Å². The van der Waals surface area contributed by atoms with Crippen molar-refractivity contribution in [2.24, 2.45) is 0 Å². The summed E-state index contributed by atoms with van der Waals surface area (Å²) in [6, 6.07) is 17.6. The third kappa shape index (κ3) is 2.00. The molecule has 3 rings (SSSR count). The molecule has 2 heteroatoms. The fourth-order valence-electron chi connectivity index (χ4n) is 2.47. The average molecular weight is 249 g/mol. The summed E-state index contributed by atoms with van der Waals surface area (Å²) >= 11 is 0. The summed E-state index contributed by atoms with van der Waals surface area (Å²) in [6.45, 7) is 1.83. The summed E-state index contributed by atoms with van der Waals surface area (Å²) in [5, 5.41) is 13.0. The van der Waals surface area contributed by atoms with E-state index in [9.17, 15) is 5.11 Å². The molecule has 0 bridgehead atoms. The molecule has 0 fully saturated rings. The molecule has 1 N–H and O–H groups in total. The summed E-state index contributed by atoms with van der Waals surface area (Å²) < 4.78 is 0. The minimum atomic E-state index is -1.01. The molecular formula is C17H15NO. The van der Waals surface area contributed by atoms with Crippen LogP contribution in [0, 0.1) is 0 Å². The molecule has 0 aliphatic heterocycles. The van der Waals surface area contributed by atoms with E-state index in [1.165, 1.54) is 0 Å². The van der Waals surface area contributed by atoms with E-state index < -0.39 is 5.60 Å². The number of nitrogens with zero attached hydrogens (tertiary/aromatic N) is 1. The van der Waals surface area contributed by atoms with Gasteiger partial charge in [-0.1, -0.05) is 48.5 Å². The number of hydrogen-bond acceptors (Lipinski definition) is 2. The van der Waals surface area contributed by atoms with Crippen molar-refractivity contribution in [1.29, 1.82) is 0 Å². The highest BCUT2D eigenvalue weighted by Crippen LogP contribution is 2.33. The Kier molecular flexibility index (Phi) is 2.80. The average Bonchev–Trinajstić information content (AvgIpc) is 2.47. The Labute approximate surface area is 112 Å². The number of aliphatic hydroxyl groups is 1. The number of pyridine rings is 1. The topological polar surface area (TPSA) is 33.1 Å². The second-order valence-corrected chi connectivity index (χ2v) is 4.84. The van der Waals surface area contributed by atoms with Gasteiger partial charge in [0.15, 0.2) is 0 Å². The van der Waals surface area contributed by atoms with E-state index in [0.29, 0.717) is 0 Å². The van der Waals surface area contributed by atoms with Crippen molar-refractivity contribution in [2.75, 3.05) is 0 Å². The number of benzene rings is 2. The van der Waals surface area contributed by atoms with Crippen molar-refractivity contribution in [1.82, 2.24) is 4.98 Å². The second-order valence-electron chi connectivity index (χ2n) is 4.84. The molecule has 1 unspecified atom stereocenters. The first-order valence-electron chi connectivity index (χ1n) is 6.31. The Balaban J connectivity index is 2.24. The second kappa shape index (κ2) is 4.48. The summed E-state index contributed by atoms with van der Waals surface area (Å²) in [6.07, 6.45) is 3.58. The molecule has 0 saturated carbocycles. The maximum atomic E-state index is 10.9. The third-order valence-corrected chi connectivity index (χ3v) is 3.54. The number of hydrogen-bond donors (Lipinski definition) is 1. The molecule has 94 valence electrons. The largest absolute Gasteiger partial charge is 0.381 e. The highest BCUT2D eigenvalue weighted by Gasteiger charge is 2.26. The van der Waals surface area contributed by atoms with Gasteiger partial charge in [0.05, 0.1) is 0 Å². The smallest absolute Gasteiger partial charge is 0.112 e. The highest BCUT2D eigenvalue weighted by atomic mass is 16.3. The standard InChI is InChI=1S/C17H15NO/c1-17(19,14-7-3-2-4-8-14)16-9-5-6-13-12-18-11-10-15(13)16/h2-12,19H,1H3. The van der Waals surface area contributed by atoms with Crippen molar-refractivity contribution in [3.63, 3.8) is 0 Å². The molecule has 2 aromatic carbocycles. The first-order chi connectivity index (χ1) is 9.19. The lowest BCUT2D eigenvalue weighted by molar-refractivity contribution is 0.104. The molecule has 0 spiro atoms. The number of rotatable bonds is 2.